The summed E-state index contributed by atoms with van der Waals surface area (Å²) < 4.78 is 86.7. The number of hydrogen-bond donors (Lipinski definition) is 0. The minimum Gasteiger partial charge on any atom is -0.489 e. The summed E-state index contributed by atoms with van der Waals surface area (Å²) in [6, 6.07) is 82.0. The van der Waals surface area contributed by atoms with Gasteiger partial charge in [-0.05, 0) is 189 Å². The van der Waals surface area contributed by atoms with E-state index in [-0.39, 0.29) is 114 Å². The average molecular weight is 1950 g/mol. The SMILES string of the molecule is CCN(CC)C(=O)COc1c2cc(OCc3ccccc3)cc1Cc1cc(OCc3ccccc3)cc(c1OCC(=O)N(CC)CC)Cc1cc(OCc3ccccc3)cc(c1OCC(=O)N(CC)CC)Cc1cc(OCc3ccccc3)cc(c1OCC(=O)N(CC)CC)Cc1cc(OCc3ccccc3)cc(c1OCC(=O)N(CC)CC)Cc1cc(OCc3ccccc3)cc(c1OCC(=O)N(CC)CC)C2. The number of amides is 6. The number of ether oxygens (including phenoxy) is 12. The molecule has 144 heavy (non-hydrogen) atoms. The number of carbonyl (C=O) groups is 6. The third-order valence-electron chi connectivity index (χ3n) is 25.8. The predicted octanol–water partition coefficient (Wildman–Crippen LogP) is 20.5. The van der Waals surface area contributed by atoms with Gasteiger partial charge in [0.25, 0.3) is 35.4 Å². The molecule has 1 aliphatic rings. The molecule has 0 saturated heterocycles. The van der Waals surface area contributed by atoms with Crippen molar-refractivity contribution in [1.82, 2.24) is 29.4 Å². The van der Waals surface area contributed by atoms with Crippen molar-refractivity contribution in [2.75, 3.05) is 118 Å². The first-order chi connectivity index (χ1) is 70.2. The number of nitrogens with zero attached hydrogens (tertiary/aromatic N) is 6. The van der Waals surface area contributed by atoms with Crippen molar-refractivity contribution >= 4 is 35.4 Å². The molecule has 756 valence electrons. The number of carbonyl (C=O) groups excluding carboxylic acids is 6. The maximum Gasteiger partial charge on any atom is 0.260 e. The minimum absolute atomic E-state index is 0.0514. The molecule has 0 aliphatic heterocycles. The van der Waals surface area contributed by atoms with Gasteiger partial charge in [0.05, 0.1) is 0 Å². The quantitative estimate of drug-likeness (QED) is 0.0345. The van der Waals surface area contributed by atoms with Crippen molar-refractivity contribution in [3.8, 4) is 69.0 Å². The van der Waals surface area contributed by atoms with Crippen LogP contribution in [-0.2, 0) is 107 Å². The van der Waals surface area contributed by atoms with Gasteiger partial charge in [-0.1, -0.05) is 182 Å². The van der Waals surface area contributed by atoms with Gasteiger partial charge >= 0.3 is 0 Å². The van der Waals surface area contributed by atoms with Crippen LogP contribution < -0.4 is 56.8 Å². The van der Waals surface area contributed by atoms with Gasteiger partial charge in [-0.2, -0.15) is 0 Å². The lowest BCUT2D eigenvalue weighted by atomic mass is 9.90. The van der Waals surface area contributed by atoms with Crippen LogP contribution in [0.3, 0.4) is 0 Å². The summed E-state index contributed by atoms with van der Waals surface area (Å²) >= 11 is 0. The van der Waals surface area contributed by atoms with Crippen LogP contribution in [0.1, 0.15) is 183 Å². The third-order valence-corrected chi connectivity index (χ3v) is 25.8. The maximum absolute atomic E-state index is 15.1. The highest BCUT2D eigenvalue weighted by Crippen LogP contribution is 2.47. The second-order valence-electron chi connectivity index (χ2n) is 35.3. The third kappa shape index (κ3) is 29.6. The fraction of sp³-hybridized carbons (Fsp3) is 0.350. The first-order valence-electron chi connectivity index (χ1n) is 50.6. The molecule has 0 spiro atoms. The summed E-state index contributed by atoms with van der Waals surface area (Å²) in [5, 5.41) is 0. The zero-order valence-electron chi connectivity index (χ0n) is 85.5. The van der Waals surface area contributed by atoms with Crippen LogP contribution in [0.2, 0.25) is 0 Å². The first kappa shape index (κ1) is 106. The van der Waals surface area contributed by atoms with Gasteiger partial charge in [0.15, 0.2) is 39.6 Å². The molecule has 12 aromatic carbocycles. The number of likely N-dealkylation sites (N-methyl/N-ethyl adjacent to an activating group) is 6. The molecule has 24 heteroatoms. The summed E-state index contributed by atoms with van der Waals surface area (Å²) in [5.41, 5.74) is 11.5. The van der Waals surface area contributed by atoms with E-state index in [2.05, 4.69) is 0 Å². The van der Waals surface area contributed by atoms with Crippen molar-refractivity contribution in [3.63, 3.8) is 0 Å². The van der Waals surface area contributed by atoms with Crippen LogP contribution >= 0.6 is 0 Å². The highest BCUT2D eigenvalue weighted by Gasteiger charge is 2.32. The van der Waals surface area contributed by atoms with Crippen molar-refractivity contribution < 1.29 is 85.6 Å². The van der Waals surface area contributed by atoms with Crippen LogP contribution in [0.5, 0.6) is 69.0 Å². The van der Waals surface area contributed by atoms with Gasteiger partial charge < -0.3 is 86.2 Å². The molecule has 0 atom stereocenters. The lowest BCUT2D eigenvalue weighted by Crippen LogP contribution is -2.35. The summed E-state index contributed by atoms with van der Waals surface area (Å²) in [4.78, 5) is 101. The van der Waals surface area contributed by atoms with Crippen LogP contribution in [0, 0.1) is 0 Å². The molecule has 0 aromatic heterocycles. The van der Waals surface area contributed by atoms with E-state index in [0.29, 0.717) is 214 Å². The van der Waals surface area contributed by atoms with Crippen molar-refractivity contribution in [2.45, 2.75) is 161 Å². The molecular weight excluding hydrogens is 1810 g/mol. The fourth-order valence-electron chi connectivity index (χ4n) is 18.0. The highest BCUT2D eigenvalue weighted by molar-refractivity contribution is 5.81. The maximum atomic E-state index is 15.1. The lowest BCUT2D eigenvalue weighted by Gasteiger charge is -2.26. The average Bonchev–Trinajstić information content (AvgIpc) is 0.772. The van der Waals surface area contributed by atoms with E-state index in [4.69, 9.17) is 56.8 Å². The smallest absolute Gasteiger partial charge is 0.260 e. The number of rotatable bonds is 48. The Morgan fingerprint density at radius 2 is 0.285 bits per heavy atom. The van der Waals surface area contributed by atoms with E-state index in [1.165, 1.54) is 0 Å². The van der Waals surface area contributed by atoms with Crippen LogP contribution in [0.4, 0.5) is 0 Å². The van der Waals surface area contributed by atoms with E-state index in [1.54, 1.807) is 29.4 Å². The Morgan fingerprint density at radius 3 is 0.389 bits per heavy atom. The van der Waals surface area contributed by atoms with Crippen molar-refractivity contribution in [1.29, 1.82) is 0 Å². The zero-order valence-corrected chi connectivity index (χ0v) is 85.5. The van der Waals surface area contributed by atoms with E-state index in [0.717, 1.165) is 33.4 Å². The van der Waals surface area contributed by atoms with E-state index in [9.17, 15) is 0 Å². The standard InChI is InChI=1S/C120H138N6O18/c1-13-121(14-2)109(127)79-139-115-91-55-93-63-104(134-74-86-45-33-26-34-46-86)65-95(116(93)140-80-110(128)122(15-3)16-4)57-97-67-106(136-76-88-49-37-28-38-50-88)69-99(118(97)142-82-112(130)124(19-7)20-8)59-101-71-108(138-78-90-53-41-30-42-54-90)72-102(120(101)144-84-114(132)126(23-11)24-12)60-100-70-107(137-77-89-51-39-29-40-52-89)68-98(119(100)143-83-113(131)125(21-9)22-10)58-96-66-105(135-75-87-47-35-27-36-48-87)64-94(117(96)141-81-111(129)123(17-5)18-6)56-92(115)62-103(61-91)133-73-85-43-31-25-32-44-85/h25-54,61-72H,13-24,55-60,73-84H2,1-12H3. The summed E-state index contributed by atoms with van der Waals surface area (Å²) in [6.45, 7) is 25.9. The Balaban J connectivity index is 1.21. The van der Waals surface area contributed by atoms with Crippen molar-refractivity contribution in [3.05, 3.63) is 355 Å². The Morgan fingerprint density at radius 1 is 0.174 bits per heavy atom. The number of hydrogen-bond acceptors (Lipinski definition) is 18. The van der Waals surface area contributed by atoms with E-state index in [1.807, 2.05) is 338 Å². The Kier molecular flexibility index (Phi) is 40.1. The molecule has 13 rings (SSSR count). The normalized spacial score (nSPS) is 11.6. The Hall–Kier alpha value is -14.9. The van der Waals surface area contributed by atoms with E-state index < -0.39 is 39.6 Å². The topological polar surface area (TPSA) is 233 Å². The highest BCUT2D eigenvalue weighted by atomic mass is 16.5. The molecule has 12 aromatic rings. The summed E-state index contributed by atoms with van der Waals surface area (Å²) in [7, 11) is 0. The van der Waals surface area contributed by atoms with E-state index >= 15 is 28.8 Å². The second kappa shape index (κ2) is 54.3. The first-order valence-corrected chi connectivity index (χ1v) is 50.6. The fourth-order valence-corrected chi connectivity index (χ4v) is 18.0. The van der Waals surface area contributed by atoms with Gasteiger partial charge in [-0.3, -0.25) is 28.8 Å². The second-order valence-corrected chi connectivity index (χ2v) is 35.3. The summed E-state index contributed by atoms with van der Waals surface area (Å²) in [6.07, 6.45) is -0.308. The van der Waals surface area contributed by atoms with Gasteiger partial charge in [0.2, 0.25) is 0 Å². The Labute approximate surface area is 848 Å². The molecule has 0 heterocycles. The molecular formula is C120H138N6O18. The van der Waals surface area contributed by atoms with Crippen LogP contribution in [-0.4, -0.2) is 183 Å². The molecule has 1 aliphatic carbocycles. The molecule has 0 radical (unpaired) electrons. The monoisotopic (exact) mass is 1950 g/mol. The largest absolute Gasteiger partial charge is 0.489 e. The molecule has 0 N–H and O–H groups in total. The molecule has 0 saturated carbocycles. The zero-order chi connectivity index (χ0) is 102. The van der Waals surface area contributed by atoms with Crippen LogP contribution in [0.15, 0.2) is 255 Å². The number of benzene rings is 12. The molecule has 12 bridgehead atoms. The molecule has 0 unspecified atom stereocenters. The summed E-state index contributed by atoms with van der Waals surface area (Å²) in [5.74, 6) is 2.49. The lowest BCUT2D eigenvalue weighted by molar-refractivity contribution is -0.133. The van der Waals surface area contributed by atoms with Gasteiger partial charge in [-0.25, -0.2) is 0 Å². The Bertz CT molecular complexity index is 5080. The van der Waals surface area contributed by atoms with Gasteiger partial charge in [-0.15, -0.1) is 0 Å². The minimum atomic E-state index is -0.421. The van der Waals surface area contributed by atoms with Gasteiger partial charge in [0.1, 0.15) is 109 Å². The molecule has 0 fully saturated rings. The number of fused-ring (bicyclic) bond motifs is 12. The van der Waals surface area contributed by atoms with Crippen molar-refractivity contribution in [2.24, 2.45) is 0 Å². The predicted molar refractivity (Wildman–Crippen MR) is 561 cm³/mol. The van der Waals surface area contributed by atoms with Gasteiger partial charge in [0, 0.05) is 184 Å². The molecule has 6 amide bonds. The molecule has 24 nitrogen and oxygen atoms in total. The van der Waals surface area contributed by atoms with Crippen LogP contribution in [0.25, 0.3) is 0 Å².